The van der Waals surface area contributed by atoms with Crippen molar-refractivity contribution in [1.29, 1.82) is 0 Å². The maximum Gasteiger partial charge on any atom is 0.282 e. The SMILES string of the molecule is NS(=O)(=O)c1ccc(-c2cc(C(F)F)nn2-c2cccc(Cl)c2)cc1F. The molecule has 26 heavy (non-hydrogen) atoms. The second kappa shape index (κ2) is 6.75. The molecule has 0 aliphatic heterocycles. The molecule has 5 nitrogen and oxygen atoms in total. The summed E-state index contributed by atoms with van der Waals surface area (Å²) in [6, 6.07) is 10.5. The van der Waals surface area contributed by atoms with E-state index in [1.54, 1.807) is 18.2 Å². The summed E-state index contributed by atoms with van der Waals surface area (Å²) in [6.45, 7) is 0. The molecule has 0 radical (unpaired) electrons. The highest BCUT2D eigenvalue weighted by Gasteiger charge is 2.20. The first kappa shape index (κ1) is 18.4. The van der Waals surface area contributed by atoms with Crippen LogP contribution in [0.25, 0.3) is 16.9 Å². The van der Waals surface area contributed by atoms with E-state index in [0.717, 1.165) is 18.2 Å². The molecule has 0 bridgehead atoms. The smallest absolute Gasteiger partial charge is 0.233 e. The van der Waals surface area contributed by atoms with Gasteiger partial charge in [-0.3, -0.25) is 0 Å². The molecular weight excluding hydrogens is 391 g/mol. The van der Waals surface area contributed by atoms with Gasteiger partial charge in [-0.2, -0.15) is 5.10 Å². The maximum absolute atomic E-state index is 14.1. The van der Waals surface area contributed by atoms with Gasteiger partial charge in [0.1, 0.15) is 16.4 Å². The number of rotatable bonds is 4. The Labute approximate surface area is 151 Å². The molecule has 2 aromatic carbocycles. The second-order valence-corrected chi connectivity index (χ2v) is 7.30. The average molecular weight is 402 g/mol. The lowest BCUT2D eigenvalue weighted by Crippen LogP contribution is -2.14. The minimum absolute atomic E-state index is 0.141. The van der Waals surface area contributed by atoms with Gasteiger partial charge in [-0.15, -0.1) is 0 Å². The number of hydrogen-bond donors (Lipinski definition) is 1. The quantitative estimate of drug-likeness (QED) is 0.719. The van der Waals surface area contributed by atoms with Crippen LogP contribution in [-0.4, -0.2) is 18.2 Å². The third-order valence-corrected chi connectivity index (χ3v) is 4.72. The Morgan fingerprint density at radius 1 is 1.12 bits per heavy atom. The zero-order valence-corrected chi connectivity index (χ0v) is 14.5. The summed E-state index contributed by atoms with van der Waals surface area (Å²) in [5, 5.41) is 9.13. The summed E-state index contributed by atoms with van der Waals surface area (Å²) >= 11 is 5.93. The van der Waals surface area contributed by atoms with E-state index in [1.807, 2.05) is 0 Å². The van der Waals surface area contributed by atoms with E-state index < -0.39 is 32.9 Å². The van der Waals surface area contributed by atoms with Gasteiger partial charge in [0.15, 0.2) is 0 Å². The number of primary sulfonamides is 1. The molecule has 136 valence electrons. The van der Waals surface area contributed by atoms with Crippen molar-refractivity contribution >= 4 is 21.6 Å². The van der Waals surface area contributed by atoms with Crippen molar-refractivity contribution in [3.05, 3.63) is 65.1 Å². The predicted octanol–water partition coefficient (Wildman–Crippen LogP) is 3.92. The topological polar surface area (TPSA) is 78.0 Å². The van der Waals surface area contributed by atoms with Gasteiger partial charge in [0.05, 0.1) is 11.4 Å². The van der Waals surface area contributed by atoms with Gasteiger partial charge in [-0.05, 0) is 36.4 Å². The van der Waals surface area contributed by atoms with Crippen LogP contribution < -0.4 is 5.14 Å². The van der Waals surface area contributed by atoms with Crippen LogP contribution in [0.4, 0.5) is 13.2 Å². The molecule has 3 aromatic rings. The van der Waals surface area contributed by atoms with E-state index in [2.05, 4.69) is 5.10 Å². The van der Waals surface area contributed by atoms with Gasteiger partial charge in [-0.1, -0.05) is 23.7 Å². The van der Waals surface area contributed by atoms with Crippen LogP contribution in [0.2, 0.25) is 5.02 Å². The molecule has 0 amide bonds. The summed E-state index contributed by atoms with van der Waals surface area (Å²) in [5.74, 6) is -1.09. The molecule has 0 saturated carbocycles. The fourth-order valence-electron chi connectivity index (χ4n) is 2.41. The number of sulfonamides is 1. The molecular formula is C16H11ClF3N3O2S. The Kier molecular flexibility index (Phi) is 4.78. The molecule has 1 heterocycles. The lowest BCUT2D eigenvalue weighted by molar-refractivity contribution is 0.145. The van der Waals surface area contributed by atoms with Crippen LogP contribution in [0.5, 0.6) is 0 Å². The normalized spacial score (nSPS) is 11.9. The van der Waals surface area contributed by atoms with Gasteiger partial charge < -0.3 is 0 Å². The monoisotopic (exact) mass is 401 g/mol. The van der Waals surface area contributed by atoms with E-state index in [1.165, 1.54) is 16.8 Å². The summed E-state index contributed by atoms with van der Waals surface area (Å²) in [6.07, 6.45) is -2.84. The van der Waals surface area contributed by atoms with E-state index in [0.29, 0.717) is 10.7 Å². The van der Waals surface area contributed by atoms with Crippen LogP contribution in [-0.2, 0) is 10.0 Å². The fraction of sp³-hybridized carbons (Fsp3) is 0.0625. The van der Waals surface area contributed by atoms with Crippen LogP contribution in [0.3, 0.4) is 0 Å². The van der Waals surface area contributed by atoms with Crippen molar-refractivity contribution in [2.75, 3.05) is 0 Å². The highest BCUT2D eigenvalue weighted by atomic mass is 35.5. The van der Waals surface area contributed by atoms with Crippen LogP contribution >= 0.6 is 11.6 Å². The van der Waals surface area contributed by atoms with Crippen molar-refractivity contribution in [2.45, 2.75) is 11.3 Å². The molecule has 0 fully saturated rings. The standard InChI is InChI=1S/C16H11ClF3N3O2S/c17-10-2-1-3-11(7-10)23-14(8-13(22-23)16(19)20)9-4-5-15(12(18)6-9)26(21,24)25/h1-8,16H,(H2,21,24,25). The van der Waals surface area contributed by atoms with E-state index in [-0.39, 0.29) is 11.3 Å². The first-order chi connectivity index (χ1) is 12.2. The molecule has 2 N–H and O–H groups in total. The molecule has 0 aliphatic carbocycles. The molecule has 0 aliphatic rings. The zero-order chi connectivity index (χ0) is 19.1. The van der Waals surface area contributed by atoms with Crippen LogP contribution in [0, 0.1) is 5.82 Å². The first-order valence-corrected chi connectivity index (χ1v) is 9.06. The minimum Gasteiger partial charge on any atom is -0.233 e. The van der Waals surface area contributed by atoms with Crippen molar-refractivity contribution in [1.82, 2.24) is 9.78 Å². The minimum atomic E-state index is -4.24. The van der Waals surface area contributed by atoms with E-state index >= 15 is 0 Å². The largest absolute Gasteiger partial charge is 0.282 e. The van der Waals surface area contributed by atoms with Gasteiger partial charge >= 0.3 is 0 Å². The number of halogens is 4. The molecule has 0 unspecified atom stereocenters. The molecule has 1 aromatic heterocycles. The van der Waals surface area contributed by atoms with Crippen molar-refractivity contribution in [3.63, 3.8) is 0 Å². The van der Waals surface area contributed by atoms with Crippen molar-refractivity contribution < 1.29 is 21.6 Å². The van der Waals surface area contributed by atoms with Gasteiger partial charge in [0, 0.05) is 10.6 Å². The number of nitrogens with two attached hydrogens (primary N) is 1. The molecule has 0 atom stereocenters. The summed E-state index contributed by atoms with van der Waals surface area (Å²) < 4.78 is 64.2. The number of alkyl halides is 2. The number of nitrogens with zero attached hydrogens (tertiary/aromatic N) is 2. The van der Waals surface area contributed by atoms with E-state index in [4.69, 9.17) is 16.7 Å². The fourth-order valence-corrected chi connectivity index (χ4v) is 3.18. The third-order valence-electron chi connectivity index (χ3n) is 3.54. The second-order valence-electron chi connectivity index (χ2n) is 5.34. The lowest BCUT2D eigenvalue weighted by Gasteiger charge is -2.09. The Hall–Kier alpha value is -2.36. The maximum atomic E-state index is 14.1. The Morgan fingerprint density at radius 3 is 2.42 bits per heavy atom. The Bertz CT molecular complexity index is 1080. The van der Waals surface area contributed by atoms with Gasteiger partial charge in [0.25, 0.3) is 6.43 Å². The van der Waals surface area contributed by atoms with Gasteiger partial charge in [0.2, 0.25) is 10.0 Å². The molecule has 0 saturated heterocycles. The predicted molar refractivity (Wildman–Crippen MR) is 90.3 cm³/mol. The van der Waals surface area contributed by atoms with Crippen LogP contribution in [0.15, 0.2) is 53.4 Å². The third kappa shape index (κ3) is 3.59. The van der Waals surface area contributed by atoms with Crippen molar-refractivity contribution in [3.8, 4) is 16.9 Å². The average Bonchev–Trinajstić information content (AvgIpc) is 2.99. The molecule has 3 rings (SSSR count). The molecule has 10 heteroatoms. The number of aromatic nitrogens is 2. The first-order valence-electron chi connectivity index (χ1n) is 7.13. The number of benzene rings is 2. The molecule has 0 spiro atoms. The summed E-state index contributed by atoms with van der Waals surface area (Å²) in [7, 11) is -4.24. The lowest BCUT2D eigenvalue weighted by atomic mass is 10.1. The van der Waals surface area contributed by atoms with Crippen molar-refractivity contribution in [2.24, 2.45) is 5.14 Å². The zero-order valence-electron chi connectivity index (χ0n) is 12.9. The van der Waals surface area contributed by atoms with Crippen LogP contribution in [0.1, 0.15) is 12.1 Å². The van der Waals surface area contributed by atoms with E-state index in [9.17, 15) is 21.6 Å². The number of hydrogen-bond acceptors (Lipinski definition) is 3. The highest BCUT2D eigenvalue weighted by molar-refractivity contribution is 7.89. The highest BCUT2D eigenvalue weighted by Crippen LogP contribution is 2.30. The summed E-state index contributed by atoms with van der Waals surface area (Å²) in [4.78, 5) is -0.691. The Balaban J connectivity index is 2.20. The summed E-state index contributed by atoms with van der Waals surface area (Å²) in [5.41, 5.74) is 0.156. The Morgan fingerprint density at radius 2 is 1.85 bits per heavy atom. The van der Waals surface area contributed by atoms with Gasteiger partial charge in [-0.25, -0.2) is 31.4 Å².